The van der Waals surface area contributed by atoms with E-state index < -0.39 is 0 Å². The average molecular weight is 349 g/mol. The molecule has 0 saturated carbocycles. The minimum Gasteiger partial charge on any atom is -0.325 e. The minimum atomic E-state index is -0.124. The molecule has 7 heteroatoms. The first-order valence-corrected chi connectivity index (χ1v) is 8.59. The summed E-state index contributed by atoms with van der Waals surface area (Å²) < 4.78 is 1.84. The lowest BCUT2D eigenvalue weighted by Crippen LogP contribution is -2.14. The van der Waals surface area contributed by atoms with Crippen molar-refractivity contribution in [1.82, 2.24) is 14.8 Å². The Bertz CT molecular complexity index is 884. The van der Waals surface area contributed by atoms with Gasteiger partial charge in [0.1, 0.15) is 6.33 Å². The number of hydrogen-bond acceptors (Lipinski definition) is 5. The number of hydrogen-bond donors (Lipinski definition) is 1. The highest BCUT2D eigenvalue weighted by Crippen LogP contribution is 2.19. The molecule has 6 nitrogen and oxygen atoms in total. The van der Waals surface area contributed by atoms with Crippen LogP contribution >= 0.6 is 11.8 Å². The van der Waals surface area contributed by atoms with Gasteiger partial charge in [-0.15, -0.1) is 10.2 Å². The van der Waals surface area contributed by atoms with Crippen LogP contribution in [-0.4, -0.2) is 26.4 Å². The number of para-hydroxylation sites is 1. The Labute approximate surface area is 149 Å². The van der Waals surface area contributed by atoms with Crippen LogP contribution < -0.4 is 5.32 Å². The molecule has 2 aromatic carbocycles. The molecule has 3 aromatic rings. The molecule has 1 heterocycles. The van der Waals surface area contributed by atoms with E-state index in [4.69, 9.17) is 5.26 Å². The maximum absolute atomic E-state index is 12.1. The summed E-state index contributed by atoms with van der Waals surface area (Å²) in [6.45, 7) is 0. The van der Waals surface area contributed by atoms with Gasteiger partial charge in [-0.3, -0.25) is 9.36 Å². The lowest BCUT2D eigenvalue weighted by molar-refractivity contribution is -0.113. The lowest BCUT2D eigenvalue weighted by Gasteiger charge is -2.07. The van der Waals surface area contributed by atoms with E-state index in [9.17, 15) is 4.79 Å². The van der Waals surface area contributed by atoms with E-state index in [1.165, 1.54) is 11.8 Å². The van der Waals surface area contributed by atoms with Crippen molar-refractivity contribution in [1.29, 1.82) is 5.26 Å². The van der Waals surface area contributed by atoms with Gasteiger partial charge in [0.2, 0.25) is 5.91 Å². The Hall–Kier alpha value is -3.11. The third kappa shape index (κ3) is 4.46. The summed E-state index contributed by atoms with van der Waals surface area (Å²) in [5, 5.41) is 20.1. The molecule has 0 spiro atoms. The first-order chi connectivity index (χ1) is 12.3. The number of carbonyl (C=O) groups is 1. The second-order valence-corrected chi connectivity index (χ2v) is 6.13. The molecule has 1 aromatic heterocycles. The number of rotatable bonds is 6. The van der Waals surface area contributed by atoms with Crippen molar-refractivity contribution in [2.75, 3.05) is 11.1 Å². The molecule has 0 unspecified atom stereocenters. The molecule has 124 valence electrons. The summed E-state index contributed by atoms with van der Waals surface area (Å²) in [6.07, 6.45) is 1.99. The molecule has 0 radical (unpaired) electrons. The van der Waals surface area contributed by atoms with Crippen molar-refractivity contribution in [2.24, 2.45) is 0 Å². The number of thioether (sulfide) groups is 1. The standard InChI is InChI=1S/C18H15N5OS/c19-11-10-14-6-8-15(9-7-14)21-17(24)12-25-18-22-20-13-23(18)16-4-2-1-3-5-16/h1-9,13H,10,12H2,(H,21,24). The minimum absolute atomic E-state index is 0.124. The summed E-state index contributed by atoms with van der Waals surface area (Å²) in [6, 6.07) is 19.1. The van der Waals surface area contributed by atoms with Crippen LogP contribution in [0.1, 0.15) is 5.56 Å². The van der Waals surface area contributed by atoms with Crippen molar-refractivity contribution < 1.29 is 4.79 Å². The van der Waals surface area contributed by atoms with Crippen LogP contribution in [0.2, 0.25) is 0 Å². The second-order valence-electron chi connectivity index (χ2n) is 5.19. The summed E-state index contributed by atoms with van der Waals surface area (Å²) in [5.41, 5.74) is 2.58. The third-order valence-corrected chi connectivity index (χ3v) is 4.35. The zero-order valence-corrected chi connectivity index (χ0v) is 14.1. The molecule has 0 aliphatic carbocycles. The highest BCUT2D eigenvalue weighted by atomic mass is 32.2. The highest BCUT2D eigenvalue weighted by Gasteiger charge is 2.10. The summed E-state index contributed by atoms with van der Waals surface area (Å²) in [4.78, 5) is 12.1. The van der Waals surface area contributed by atoms with Gasteiger partial charge in [-0.1, -0.05) is 42.1 Å². The van der Waals surface area contributed by atoms with Crippen LogP contribution in [-0.2, 0) is 11.2 Å². The van der Waals surface area contributed by atoms with Crippen molar-refractivity contribution in [3.63, 3.8) is 0 Å². The Kier molecular flexibility index (Phi) is 5.44. The van der Waals surface area contributed by atoms with Gasteiger partial charge in [0, 0.05) is 11.4 Å². The predicted octanol–water partition coefficient (Wildman–Crippen LogP) is 3.06. The number of nitrogens with one attached hydrogen (secondary N) is 1. The van der Waals surface area contributed by atoms with Gasteiger partial charge in [-0.05, 0) is 29.8 Å². The Morgan fingerprint density at radius 1 is 1.16 bits per heavy atom. The summed E-state index contributed by atoms with van der Waals surface area (Å²) >= 11 is 1.32. The molecule has 0 aliphatic rings. The van der Waals surface area contributed by atoms with E-state index in [1.807, 2.05) is 47.0 Å². The maximum Gasteiger partial charge on any atom is 0.234 e. The number of amides is 1. The van der Waals surface area contributed by atoms with Gasteiger partial charge in [0.05, 0.1) is 18.2 Å². The molecule has 1 amide bonds. The topological polar surface area (TPSA) is 83.6 Å². The van der Waals surface area contributed by atoms with Crippen LogP contribution in [0.3, 0.4) is 0 Å². The van der Waals surface area contributed by atoms with E-state index in [-0.39, 0.29) is 11.7 Å². The monoisotopic (exact) mass is 349 g/mol. The molecule has 0 saturated heterocycles. The quantitative estimate of drug-likeness (QED) is 0.692. The van der Waals surface area contributed by atoms with E-state index >= 15 is 0 Å². The number of aromatic nitrogens is 3. The molecule has 0 fully saturated rings. The van der Waals surface area contributed by atoms with Crippen molar-refractivity contribution in [2.45, 2.75) is 11.6 Å². The fourth-order valence-corrected chi connectivity index (χ4v) is 2.94. The van der Waals surface area contributed by atoms with Crippen LogP contribution in [0.5, 0.6) is 0 Å². The maximum atomic E-state index is 12.1. The largest absolute Gasteiger partial charge is 0.325 e. The van der Waals surface area contributed by atoms with Crippen LogP contribution in [0, 0.1) is 11.3 Å². The molecule has 1 N–H and O–H groups in total. The fourth-order valence-electron chi connectivity index (χ4n) is 2.21. The first-order valence-electron chi connectivity index (χ1n) is 7.60. The third-order valence-electron chi connectivity index (χ3n) is 3.40. The van der Waals surface area contributed by atoms with E-state index in [2.05, 4.69) is 21.6 Å². The van der Waals surface area contributed by atoms with E-state index in [1.54, 1.807) is 18.5 Å². The summed E-state index contributed by atoms with van der Waals surface area (Å²) in [7, 11) is 0. The molecule has 25 heavy (non-hydrogen) atoms. The van der Waals surface area contributed by atoms with Gasteiger partial charge in [0.15, 0.2) is 5.16 Å². The Morgan fingerprint density at radius 2 is 1.92 bits per heavy atom. The van der Waals surface area contributed by atoms with Gasteiger partial charge in [-0.25, -0.2) is 0 Å². The molecule has 0 bridgehead atoms. The SMILES string of the molecule is N#CCc1ccc(NC(=O)CSc2nncn2-c2ccccc2)cc1. The molecular formula is C18H15N5OS. The molecule has 0 atom stereocenters. The molecule has 3 rings (SSSR count). The average Bonchev–Trinajstić information content (AvgIpc) is 3.11. The fraction of sp³-hybridized carbons (Fsp3) is 0.111. The number of carbonyl (C=O) groups excluding carboxylic acids is 1. The summed E-state index contributed by atoms with van der Waals surface area (Å²) in [5.74, 6) is 0.103. The van der Waals surface area contributed by atoms with E-state index in [0.717, 1.165) is 11.3 Å². The van der Waals surface area contributed by atoms with Crippen LogP contribution in [0.15, 0.2) is 66.1 Å². The lowest BCUT2D eigenvalue weighted by atomic mass is 10.1. The van der Waals surface area contributed by atoms with Gasteiger partial charge >= 0.3 is 0 Å². The predicted molar refractivity (Wildman–Crippen MR) is 96.5 cm³/mol. The number of nitrogens with zero attached hydrogens (tertiary/aromatic N) is 4. The van der Waals surface area contributed by atoms with Gasteiger partial charge in [0.25, 0.3) is 0 Å². The van der Waals surface area contributed by atoms with Crippen molar-refractivity contribution >= 4 is 23.4 Å². The number of nitriles is 1. The normalized spacial score (nSPS) is 10.2. The Balaban J connectivity index is 1.58. The van der Waals surface area contributed by atoms with Crippen molar-refractivity contribution in [3.8, 4) is 11.8 Å². The zero-order chi connectivity index (χ0) is 17.5. The van der Waals surface area contributed by atoms with Gasteiger partial charge < -0.3 is 5.32 Å². The Morgan fingerprint density at radius 3 is 2.64 bits per heavy atom. The number of benzene rings is 2. The first kappa shape index (κ1) is 16.7. The molecule has 0 aliphatic heterocycles. The van der Waals surface area contributed by atoms with Crippen molar-refractivity contribution in [3.05, 3.63) is 66.5 Å². The van der Waals surface area contributed by atoms with E-state index in [0.29, 0.717) is 17.3 Å². The molecular weight excluding hydrogens is 334 g/mol. The number of anilines is 1. The van der Waals surface area contributed by atoms with Crippen LogP contribution in [0.25, 0.3) is 5.69 Å². The highest BCUT2D eigenvalue weighted by molar-refractivity contribution is 7.99. The smallest absolute Gasteiger partial charge is 0.234 e. The second kappa shape index (κ2) is 8.13. The zero-order valence-electron chi connectivity index (χ0n) is 13.3. The van der Waals surface area contributed by atoms with Crippen LogP contribution in [0.4, 0.5) is 5.69 Å². The van der Waals surface area contributed by atoms with Gasteiger partial charge in [-0.2, -0.15) is 5.26 Å².